The maximum Gasteiger partial charge on any atom is 0.0803 e. The Morgan fingerprint density at radius 3 is 2.25 bits per heavy atom. The van der Waals surface area contributed by atoms with E-state index in [0.717, 1.165) is 28.2 Å². The van der Waals surface area contributed by atoms with Gasteiger partial charge in [-0.1, -0.05) is 36.0 Å². The first-order valence-electron chi connectivity index (χ1n) is 9.90. The van der Waals surface area contributed by atoms with E-state index in [-0.39, 0.29) is 21.1 Å². The third-order valence-corrected chi connectivity index (χ3v) is 4.85. The summed E-state index contributed by atoms with van der Waals surface area (Å²) in [5.74, 6) is 1.18. The van der Waals surface area contributed by atoms with Crippen molar-refractivity contribution < 1.29 is 25.8 Å². The summed E-state index contributed by atoms with van der Waals surface area (Å²) in [5, 5.41) is 10.7. The van der Waals surface area contributed by atoms with Crippen LogP contribution in [0, 0.1) is 25.7 Å². The average molecular weight is 602 g/mol. The molecule has 0 atom stereocenters. The second-order valence-electron chi connectivity index (χ2n) is 7.20. The van der Waals surface area contributed by atoms with E-state index in [1.165, 1.54) is 0 Å². The molecule has 0 radical (unpaired) electrons. The third-order valence-electron chi connectivity index (χ3n) is 4.85. The van der Waals surface area contributed by atoms with Crippen LogP contribution in [0.4, 0.5) is 5.69 Å². The third kappa shape index (κ3) is 4.60. The minimum Gasteiger partial charge on any atom is -0.509 e. The molecule has 0 saturated carbocycles. The molecule has 6 nitrogen and oxygen atoms in total. The first-order valence-corrected chi connectivity index (χ1v) is 9.90. The van der Waals surface area contributed by atoms with Crippen LogP contribution in [-0.4, -0.2) is 28.1 Å². The molecular weight excluding hydrogens is 581 g/mol. The van der Waals surface area contributed by atoms with Crippen molar-refractivity contribution >= 4 is 12.0 Å². The van der Waals surface area contributed by atoms with Gasteiger partial charge >= 0.3 is 0 Å². The molecule has 0 aliphatic carbocycles. The Hall–Kier alpha value is -3.37. The quantitative estimate of drug-likeness (QED) is 0.301. The summed E-state index contributed by atoms with van der Waals surface area (Å²) in [6.07, 6.45) is 3.75. The summed E-state index contributed by atoms with van der Waals surface area (Å²) < 4.78 is 7.86. The normalized spacial score (nSPS) is 12.7. The van der Waals surface area contributed by atoms with Crippen molar-refractivity contribution in [1.82, 2.24) is 14.7 Å². The van der Waals surface area contributed by atoms with Gasteiger partial charge in [-0.25, -0.2) is 0 Å². The van der Waals surface area contributed by atoms with Crippen LogP contribution in [0.2, 0.25) is 0 Å². The number of aromatic nitrogens is 2. The van der Waals surface area contributed by atoms with E-state index in [2.05, 4.69) is 34.5 Å². The molecule has 32 heavy (non-hydrogen) atoms. The number of anilines is 1. The van der Waals surface area contributed by atoms with Crippen molar-refractivity contribution in [2.75, 3.05) is 12.1 Å². The first-order chi connectivity index (χ1) is 15.2. The van der Waals surface area contributed by atoms with E-state index in [9.17, 15) is 0 Å². The zero-order chi connectivity index (χ0) is 21.2. The Kier molecular flexibility index (Phi) is 6.42. The van der Waals surface area contributed by atoms with Crippen molar-refractivity contribution in [3.05, 3.63) is 97.4 Å². The number of hydrazone groups is 1. The van der Waals surface area contributed by atoms with Crippen molar-refractivity contribution in [1.29, 1.82) is 0 Å². The van der Waals surface area contributed by atoms with Gasteiger partial charge in [-0.05, 0) is 25.2 Å². The molecule has 4 aromatic rings. The van der Waals surface area contributed by atoms with Crippen molar-refractivity contribution in [2.24, 2.45) is 5.10 Å². The Bertz CT molecular complexity index is 1240. The van der Waals surface area contributed by atoms with Gasteiger partial charge in [0, 0.05) is 44.3 Å². The van der Waals surface area contributed by atoms with Gasteiger partial charge in [0.25, 0.3) is 0 Å². The molecule has 2 heterocycles. The van der Waals surface area contributed by atoms with Crippen LogP contribution in [0.1, 0.15) is 5.69 Å². The van der Waals surface area contributed by atoms with Crippen LogP contribution in [-0.2, 0) is 21.1 Å². The number of rotatable bonds is 5. The molecule has 3 aromatic carbocycles. The van der Waals surface area contributed by atoms with Gasteiger partial charge in [-0.3, -0.25) is 4.68 Å². The molecular formula is C25H20N5OPt-3. The molecule has 0 unspecified atom stereocenters. The molecule has 1 aliphatic heterocycles. The molecule has 164 valence electrons. The van der Waals surface area contributed by atoms with Gasteiger partial charge in [0.1, 0.15) is 0 Å². The Morgan fingerprint density at radius 1 is 0.875 bits per heavy atom. The number of ether oxygens (including phenoxy) is 1. The predicted octanol–water partition coefficient (Wildman–Crippen LogP) is 5.05. The van der Waals surface area contributed by atoms with Crippen LogP contribution in [0.25, 0.3) is 16.8 Å². The molecule has 0 bridgehead atoms. The minimum absolute atomic E-state index is 0. The maximum atomic E-state index is 6.03. The Labute approximate surface area is 202 Å². The van der Waals surface area contributed by atoms with Gasteiger partial charge < -0.3 is 14.6 Å². The van der Waals surface area contributed by atoms with Gasteiger partial charge in [-0.15, -0.1) is 43.1 Å². The standard InChI is InChI=1S/C25H20N5O.Pt/c1-19-25(20-8-4-3-5-9-20)16-29(27-19)21-10-6-12-23(14-21)31-24-13-7-11-22(15-24)30-18-28(2)17-26-30;/h3-13,16-18H,1-2H3;/q-3;. The Balaban J connectivity index is 0.00000245. The zero-order valence-corrected chi connectivity index (χ0v) is 19.8. The fourth-order valence-corrected chi connectivity index (χ4v) is 3.36. The van der Waals surface area contributed by atoms with Gasteiger partial charge in [0.05, 0.1) is 12.0 Å². The van der Waals surface area contributed by atoms with E-state index >= 15 is 0 Å². The summed E-state index contributed by atoms with van der Waals surface area (Å²) in [5.41, 5.74) is 4.78. The summed E-state index contributed by atoms with van der Waals surface area (Å²) >= 11 is 0. The monoisotopic (exact) mass is 601 g/mol. The minimum atomic E-state index is 0. The van der Waals surface area contributed by atoms with Gasteiger partial charge in [0.2, 0.25) is 0 Å². The summed E-state index contributed by atoms with van der Waals surface area (Å²) in [6, 6.07) is 28.2. The van der Waals surface area contributed by atoms with E-state index in [4.69, 9.17) is 4.74 Å². The Morgan fingerprint density at radius 2 is 1.56 bits per heavy atom. The smallest absolute Gasteiger partial charge is 0.0803 e. The van der Waals surface area contributed by atoms with Crippen molar-refractivity contribution in [2.45, 2.75) is 6.92 Å². The van der Waals surface area contributed by atoms with Gasteiger partial charge in [0.15, 0.2) is 0 Å². The predicted molar refractivity (Wildman–Crippen MR) is 121 cm³/mol. The number of aryl methyl sites for hydroxylation is 1. The van der Waals surface area contributed by atoms with E-state index in [1.54, 1.807) is 11.3 Å². The van der Waals surface area contributed by atoms with Crippen LogP contribution in [0.15, 0.2) is 78.0 Å². The van der Waals surface area contributed by atoms with E-state index in [1.807, 2.05) is 91.0 Å². The SMILES string of the molecule is Cc1nn(-c2[c-]c(Oc3[c-]c(N4[CH-]N(C)C=N4)ccc3)ccc2)cc1-c1ccccc1.[Pt]. The van der Waals surface area contributed by atoms with E-state index < -0.39 is 0 Å². The number of benzene rings is 3. The number of nitrogens with zero attached hydrogens (tertiary/aromatic N) is 5. The van der Waals surface area contributed by atoms with Crippen LogP contribution >= 0.6 is 0 Å². The summed E-state index contributed by atoms with van der Waals surface area (Å²) in [6.45, 7) is 3.88. The summed E-state index contributed by atoms with van der Waals surface area (Å²) in [7, 11) is 1.92. The molecule has 0 spiro atoms. The largest absolute Gasteiger partial charge is 0.509 e. The number of hydrogen-bond acceptors (Lipinski definition) is 5. The molecule has 0 N–H and O–H groups in total. The first kappa shape index (κ1) is 21.8. The average Bonchev–Trinajstić information content (AvgIpc) is 3.40. The van der Waals surface area contributed by atoms with Crippen LogP contribution in [0.5, 0.6) is 11.5 Å². The molecule has 7 heteroatoms. The number of hydrogen-bond donors (Lipinski definition) is 0. The second kappa shape index (κ2) is 9.41. The van der Waals surface area contributed by atoms with Crippen LogP contribution in [0.3, 0.4) is 0 Å². The fourth-order valence-electron chi connectivity index (χ4n) is 3.36. The summed E-state index contributed by atoms with van der Waals surface area (Å²) in [4.78, 5) is 1.87. The molecule has 1 aliphatic rings. The zero-order valence-electron chi connectivity index (χ0n) is 17.5. The molecule has 0 amide bonds. The van der Waals surface area contributed by atoms with Crippen molar-refractivity contribution in [3.8, 4) is 28.3 Å². The van der Waals surface area contributed by atoms with Gasteiger partial charge in [-0.2, -0.15) is 22.3 Å². The van der Waals surface area contributed by atoms with E-state index in [0.29, 0.717) is 11.5 Å². The molecule has 0 saturated heterocycles. The molecule has 0 fully saturated rings. The fraction of sp³-hybridized carbons (Fsp3) is 0.0800. The maximum absolute atomic E-state index is 6.03. The molecule has 1 aromatic heterocycles. The van der Waals surface area contributed by atoms with Crippen LogP contribution < -0.4 is 9.75 Å². The van der Waals surface area contributed by atoms with Crippen molar-refractivity contribution in [3.63, 3.8) is 0 Å². The topological polar surface area (TPSA) is 45.9 Å². The molecule has 5 rings (SSSR count). The second-order valence-corrected chi connectivity index (χ2v) is 7.20.